The van der Waals surface area contributed by atoms with Crippen LogP contribution in [0.1, 0.15) is 12.8 Å². The first kappa shape index (κ1) is 11.1. The van der Waals surface area contributed by atoms with Gasteiger partial charge in [0.1, 0.15) is 0 Å². The first-order chi connectivity index (χ1) is 6.29. The molecule has 1 fully saturated rings. The van der Waals surface area contributed by atoms with Crippen LogP contribution in [-0.4, -0.2) is 29.3 Å². The Bertz CT molecular complexity index is 212. The lowest BCUT2D eigenvalue weighted by molar-refractivity contribution is 0.137. The van der Waals surface area contributed by atoms with Crippen LogP contribution in [-0.2, 0) is 0 Å². The summed E-state index contributed by atoms with van der Waals surface area (Å²) >= 11 is 4.77. The van der Waals surface area contributed by atoms with Crippen molar-refractivity contribution in [3.8, 4) is 0 Å². The predicted molar refractivity (Wildman–Crippen MR) is 57.9 cm³/mol. The van der Waals surface area contributed by atoms with Crippen molar-refractivity contribution in [2.24, 2.45) is 0 Å². The van der Waals surface area contributed by atoms with Gasteiger partial charge in [-0.15, -0.1) is 11.3 Å². The van der Waals surface area contributed by atoms with Crippen molar-refractivity contribution >= 4 is 27.3 Å². The molecule has 0 bridgehead atoms. The number of thiazole rings is 1. The zero-order chi connectivity index (χ0) is 9.52. The molecule has 5 heteroatoms. The van der Waals surface area contributed by atoms with Crippen LogP contribution >= 0.6 is 27.3 Å². The summed E-state index contributed by atoms with van der Waals surface area (Å²) in [5.74, 6) is 0. The third kappa shape index (κ3) is 5.36. The van der Waals surface area contributed by atoms with Gasteiger partial charge >= 0.3 is 0 Å². The lowest BCUT2D eigenvalue weighted by atomic mass is 10.1. The first-order valence-electron chi connectivity index (χ1n) is 4.23. The van der Waals surface area contributed by atoms with Gasteiger partial charge in [0.15, 0.2) is 3.92 Å². The lowest BCUT2D eigenvalue weighted by Crippen LogP contribution is -2.30. The van der Waals surface area contributed by atoms with Gasteiger partial charge in [-0.1, -0.05) is 0 Å². The smallest absolute Gasteiger partial charge is 0.159 e. The van der Waals surface area contributed by atoms with Crippen LogP contribution in [0.4, 0.5) is 0 Å². The van der Waals surface area contributed by atoms with Gasteiger partial charge in [0.05, 0.1) is 6.10 Å². The highest BCUT2D eigenvalue weighted by atomic mass is 79.9. The molecule has 1 aromatic rings. The SMILES string of the molecule is Brc1nccs1.OC1CCNCC1. The van der Waals surface area contributed by atoms with Gasteiger partial charge in [-0.2, -0.15) is 0 Å². The molecule has 0 aliphatic carbocycles. The molecule has 0 unspecified atom stereocenters. The number of hydrogen-bond acceptors (Lipinski definition) is 4. The number of nitrogens with one attached hydrogen (secondary N) is 1. The van der Waals surface area contributed by atoms with E-state index < -0.39 is 0 Å². The Hall–Kier alpha value is 0.0300. The van der Waals surface area contributed by atoms with Gasteiger partial charge in [-0.3, -0.25) is 0 Å². The Labute approximate surface area is 90.3 Å². The third-order valence-corrected chi connectivity index (χ3v) is 3.03. The Kier molecular flexibility index (Phi) is 5.54. The van der Waals surface area contributed by atoms with E-state index in [1.165, 1.54) is 0 Å². The van der Waals surface area contributed by atoms with Gasteiger partial charge in [-0.25, -0.2) is 4.98 Å². The third-order valence-electron chi connectivity index (χ3n) is 1.71. The van der Waals surface area contributed by atoms with Crippen LogP contribution in [0.15, 0.2) is 15.5 Å². The zero-order valence-corrected chi connectivity index (χ0v) is 9.64. The minimum absolute atomic E-state index is 0.0266. The molecule has 2 rings (SSSR count). The van der Waals surface area contributed by atoms with E-state index in [2.05, 4.69) is 26.2 Å². The predicted octanol–water partition coefficient (Wildman–Crippen LogP) is 1.64. The highest BCUT2D eigenvalue weighted by Gasteiger charge is 2.06. The van der Waals surface area contributed by atoms with Crippen molar-refractivity contribution in [2.45, 2.75) is 18.9 Å². The normalized spacial score (nSPS) is 17.7. The molecule has 3 nitrogen and oxygen atoms in total. The number of nitrogens with zero attached hydrogens (tertiary/aromatic N) is 1. The van der Waals surface area contributed by atoms with Crippen LogP contribution in [0.3, 0.4) is 0 Å². The van der Waals surface area contributed by atoms with Crippen molar-refractivity contribution in [1.82, 2.24) is 10.3 Å². The van der Waals surface area contributed by atoms with E-state index in [0.717, 1.165) is 29.8 Å². The van der Waals surface area contributed by atoms with E-state index in [1.807, 2.05) is 5.38 Å². The Balaban J connectivity index is 0.000000132. The van der Waals surface area contributed by atoms with Gasteiger partial charge < -0.3 is 10.4 Å². The average molecular weight is 265 g/mol. The summed E-state index contributed by atoms with van der Waals surface area (Å²) in [4.78, 5) is 3.85. The topological polar surface area (TPSA) is 45.2 Å². The summed E-state index contributed by atoms with van der Waals surface area (Å²) in [5, 5.41) is 13.9. The van der Waals surface area contributed by atoms with Gasteiger partial charge in [0, 0.05) is 11.6 Å². The van der Waals surface area contributed by atoms with E-state index in [4.69, 9.17) is 5.11 Å². The molecule has 2 heterocycles. The molecular weight excluding hydrogens is 252 g/mol. The summed E-state index contributed by atoms with van der Waals surface area (Å²) in [6, 6.07) is 0. The summed E-state index contributed by atoms with van der Waals surface area (Å²) in [7, 11) is 0. The van der Waals surface area contributed by atoms with E-state index in [-0.39, 0.29) is 6.10 Å². The molecule has 0 aromatic carbocycles. The molecule has 74 valence electrons. The molecule has 0 saturated carbocycles. The van der Waals surface area contributed by atoms with Crippen LogP contribution < -0.4 is 5.32 Å². The van der Waals surface area contributed by atoms with E-state index in [9.17, 15) is 0 Å². The van der Waals surface area contributed by atoms with Crippen molar-refractivity contribution in [2.75, 3.05) is 13.1 Å². The summed E-state index contributed by atoms with van der Waals surface area (Å²) < 4.78 is 0.947. The maximum Gasteiger partial charge on any atom is 0.159 e. The number of aliphatic hydroxyl groups is 1. The maximum atomic E-state index is 8.87. The molecular formula is C8H13BrN2OS. The molecule has 1 aliphatic rings. The standard InChI is InChI=1S/C5H11NO.C3H2BrNS/c7-5-1-3-6-4-2-5;4-3-5-1-2-6-3/h5-7H,1-4H2;1-2H. The number of halogens is 1. The highest BCUT2D eigenvalue weighted by molar-refractivity contribution is 9.11. The van der Waals surface area contributed by atoms with Crippen molar-refractivity contribution < 1.29 is 5.11 Å². The fraction of sp³-hybridized carbons (Fsp3) is 0.625. The molecule has 1 aliphatic heterocycles. The van der Waals surface area contributed by atoms with Crippen molar-refractivity contribution in [3.63, 3.8) is 0 Å². The fourth-order valence-corrected chi connectivity index (χ4v) is 1.81. The average Bonchev–Trinajstić information content (AvgIpc) is 2.58. The number of aliphatic hydroxyl groups excluding tert-OH is 1. The highest BCUT2D eigenvalue weighted by Crippen LogP contribution is 2.10. The molecule has 0 radical (unpaired) electrons. The molecule has 0 atom stereocenters. The number of rotatable bonds is 0. The molecule has 1 saturated heterocycles. The quantitative estimate of drug-likeness (QED) is 0.749. The molecule has 1 aromatic heterocycles. The Morgan fingerprint density at radius 1 is 1.54 bits per heavy atom. The van der Waals surface area contributed by atoms with Gasteiger partial charge in [0.25, 0.3) is 0 Å². The molecule has 13 heavy (non-hydrogen) atoms. The minimum atomic E-state index is -0.0266. The Morgan fingerprint density at radius 2 is 2.23 bits per heavy atom. The van der Waals surface area contributed by atoms with Crippen LogP contribution in [0, 0.1) is 0 Å². The molecule has 0 spiro atoms. The number of aromatic nitrogens is 1. The lowest BCUT2D eigenvalue weighted by Gasteiger charge is -2.16. The largest absolute Gasteiger partial charge is 0.393 e. The second kappa shape index (κ2) is 6.48. The van der Waals surface area contributed by atoms with Gasteiger partial charge in [-0.05, 0) is 41.9 Å². The fourth-order valence-electron chi connectivity index (χ4n) is 1.01. The second-order valence-corrected chi connectivity index (χ2v) is 4.94. The Morgan fingerprint density at radius 3 is 2.46 bits per heavy atom. The van der Waals surface area contributed by atoms with Crippen LogP contribution in [0.2, 0.25) is 0 Å². The van der Waals surface area contributed by atoms with Gasteiger partial charge in [0.2, 0.25) is 0 Å². The van der Waals surface area contributed by atoms with Crippen molar-refractivity contribution in [1.29, 1.82) is 0 Å². The first-order valence-corrected chi connectivity index (χ1v) is 5.90. The zero-order valence-electron chi connectivity index (χ0n) is 7.24. The van der Waals surface area contributed by atoms with Crippen LogP contribution in [0.25, 0.3) is 0 Å². The number of piperidine rings is 1. The van der Waals surface area contributed by atoms with E-state index >= 15 is 0 Å². The number of hydrogen-bond donors (Lipinski definition) is 2. The maximum absolute atomic E-state index is 8.87. The minimum Gasteiger partial charge on any atom is -0.393 e. The molecule has 0 amide bonds. The molecule has 2 N–H and O–H groups in total. The van der Waals surface area contributed by atoms with E-state index in [1.54, 1.807) is 17.5 Å². The monoisotopic (exact) mass is 264 g/mol. The second-order valence-electron chi connectivity index (χ2n) is 2.77. The van der Waals surface area contributed by atoms with E-state index in [0.29, 0.717) is 0 Å². The van der Waals surface area contributed by atoms with Crippen molar-refractivity contribution in [3.05, 3.63) is 15.5 Å². The summed E-state index contributed by atoms with van der Waals surface area (Å²) in [6.45, 7) is 1.97. The summed E-state index contributed by atoms with van der Waals surface area (Å²) in [6.07, 6.45) is 3.59. The summed E-state index contributed by atoms with van der Waals surface area (Å²) in [5.41, 5.74) is 0. The van der Waals surface area contributed by atoms with Crippen LogP contribution in [0.5, 0.6) is 0 Å².